The van der Waals surface area contributed by atoms with Crippen molar-refractivity contribution in [1.82, 2.24) is 5.32 Å². The van der Waals surface area contributed by atoms with Gasteiger partial charge in [0.15, 0.2) is 0 Å². The molecule has 102 valence electrons. The normalized spacial score (nSPS) is 39.1. The smallest absolute Gasteiger partial charge is 0.224 e. The second-order valence-electron chi connectivity index (χ2n) is 5.69. The third kappa shape index (κ3) is 2.66. The number of epoxide rings is 1. The summed E-state index contributed by atoms with van der Waals surface area (Å²) in [5.41, 5.74) is 5.14. The zero-order chi connectivity index (χ0) is 13.3. The van der Waals surface area contributed by atoms with Crippen LogP contribution in [-0.4, -0.2) is 30.1 Å². The highest BCUT2D eigenvalue weighted by Gasteiger charge is 2.49. The summed E-state index contributed by atoms with van der Waals surface area (Å²) in [6, 6.07) is 0. The van der Waals surface area contributed by atoms with Crippen LogP contribution in [0.25, 0.3) is 0 Å². The molecule has 0 bridgehead atoms. The Balaban J connectivity index is 1.88. The molecule has 1 saturated heterocycles. The molecule has 0 aromatic heterocycles. The van der Waals surface area contributed by atoms with Gasteiger partial charge in [0.2, 0.25) is 11.8 Å². The predicted octanol–water partition coefficient (Wildman–Crippen LogP) is 0.572. The Kier molecular flexibility index (Phi) is 3.61. The third-order valence-corrected chi connectivity index (χ3v) is 4.33. The maximum atomic E-state index is 12.1. The summed E-state index contributed by atoms with van der Waals surface area (Å²) < 4.78 is 5.41. The van der Waals surface area contributed by atoms with Crippen LogP contribution in [-0.2, 0) is 14.3 Å². The van der Waals surface area contributed by atoms with E-state index in [0.29, 0.717) is 6.54 Å². The van der Waals surface area contributed by atoms with Gasteiger partial charge in [-0.25, -0.2) is 0 Å². The molecular weight excluding hydrogens is 232 g/mol. The van der Waals surface area contributed by atoms with Gasteiger partial charge in [-0.2, -0.15) is 0 Å². The van der Waals surface area contributed by atoms with Gasteiger partial charge in [-0.15, -0.1) is 0 Å². The van der Waals surface area contributed by atoms with Crippen molar-refractivity contribution in [3.05, 3.63) is 0 Å². The monoisotopic (exact) mass is 254 g/mol. The Morgan fingerprint density at radius 1 is 1.33 bits per heavy atom. The maximum Gasteiger partial charge on any atom is 0.224 e. The first-order valence-electron chi connectivity index (χ1n) is 6.69. The van der Waals surface area contributed by atoms with E-state index in [1.54, 1.807) is 0 Å². The van der Waals surface area contributed by atoms with E-state index in [1.807, 2.05) is 13.8 Å². The van der Waals surface area contributed by atoms with Crippen LogP contribution in [0.5, 0.6) is 0 Å². The number of nitrogens with two attached hydrogens (primary N) is 1. The van der Waals surface area contributed by atoms with E-state index in [4.69, 9.17) is 10.5 Å². The van der Waals surface area contributed by atoms with Gasteiger partial charge in [0.05, 0.1) is 6.10 Å². The van der Waals surface area contributed by atoms with Crippen molar-refractivity contribution in [2.45, 2.75) is 51.2 Å². The van der Waals surface area contributed by atoms with Gasteiger partial charge in [0.25, 0.3) is 0 Å². The fraction of sp³-hybridized carbons (Fsp3) is 0.846. The van der Waals surface area contributed by atoms with Gasteiger partial charge in [-0.1, -0.05) is 12.8 Å². The molecule has 2 fully saturated rings. The fourth-order valence-electron chi connectivity index (χ4n) is 2.73. The molecule has 1 aliphatic heterocycles. The Morgan fingerprint density at radius 3 is 2.39 bits per heavy atom. The van der Waals surface area contributed by atoms with E-state index in [1.165, 1.54) is 0 Å². The highest BCUT2D eigenvalue weighted by Crippen LogP contribution is 2.35. The van der Waals surface area contributed by atoms with Crippen LogP contribution >= 0.6 is 0 Å². The largest absolute Gasteiger partial charge is 0.369 e. The Bertz CT molecular complexity index is 358. The lowest BCUT2D eigenvalue weighted by Gasteiger charge is -2.28. The van der Waals surface area contributed by atoms with Crippen molar-refractivity contribution in [2.24, 2.45) is 17.6 Å². The van der Waals surface area contributed by atoms with E-state index in [0.717, 1.165) is 25.7 Å². The highest BCUT2D eigenvalue weighted by atomic mass is 16.6. The first kappa shape index (κ1) is 13.3. The predicted molar refractivity (Wildman–Crippen MR) is 66.6 cm³/mol. The average Bonchev–Trinajstić information content (AvgIpc) is 2.94. The first-order valence-corrected chi connectivity index (χ1v) is 6.69. The number of hydrogen-bond acceptors (Lipinski definition) is 3. The van der Waals surface area contributed by atoms with Gasteiger partial charge in [0, 0.05) is 18.4 Å². The van der Waals surface area contributed by atoms with Crippen molar-refractivity contribution >= 4 is 11.8 Å². The fourth-order valence-corrected chi connectivity index (χ4v) is 2.73. The summed E-state index contributed by atoms with van der Waals surface area (Å²) in [5.74, 6) is -0.961. The number of hydrogen-bond donors (Lipinski definition) is 2. The van der Waals surface area contributed by atoms with E-state index in [2.05, 4.69) is 5.32 Å². The van der Waals surface area contributed by atoms with Crippen molar-refractivity contribution in [3.8, 4) is 0 Å². The number of amides is 2. The molecule has 0 spiro atoms. The van der Waals surface area contributed by atoms with E-state index in [-0.39, 0.29) is 35.4 Å². The number of carbonyl (C=O) groups excluding carboxylic acids is 2. The Hall–Kier alpha value is -1.10. The minimum absolute atomic E-state index is 0.0533. The topological polar surface area (TPSA) is 84.7 Å². The van der Waals surface area contributed by atoms with Crippen molar-refractivity contribution < 1.29 is 14.3 Å². The van der Waals surface area contributed by atoms with Crippen molar-refractivity contribution in [1.29, 1.82) is 0 Å². The summed E-state index contributed by atoms with van der Waals surface area (Å²) in [6.07, 6.45) is 3.65. The molecule has 0 aromatic rings. The Labute approximate surface area is 107 Å². The minimum atomic E-state index is -0.350. The molecule has 5 heteroatoms. The summed E-state index contributed by atoms with van der Waals surface area (Å²) in [6.45, 7) is 4.47. The van der Waals surface area contributed by atoms with Gasteiger partial charge in [0.1, 0.15) is 5.60 Å². The molecule has 18 heavy (non-hydrogen) atoms. The number of carbonyl (C=O) groups is 2. The number of ether oxygens (including phenoxy) is 1. The molecule has 2 rings (SSSR count). The molecule has 2 amide bonds. The zero-order valence-corrected chi connectivity index (χ0v) is 11.1. The first-order chi connectivity index (χ1) is 8.44. The lowest BCUT2D eigenvalue weighted by atomic mass is 9.78. The molecule has 5 nitrogen and oxygen atoms in total. The van der Waals surface area contributed by atoms with Crippen molar-refractivity contribution in [2.75, 3.05) is 6.54 Å². The van der Waals surface area contributed by atoms with Crippen molar-refractivity contribution in [3.63, 3.8) is 0 Å². The molecule has 1 heterocycles. The maximum absolute atomic E-state index is 12.1. The van der Waals surface area contributed by atoms with Gasteiger partial charge < -0.3 is 15.8 Å². The van der Waals surface area contributed by atoms with Crippen LogP contribution in [0.4, 0.5) is 0 Å². The van der Waals surface area contributed by atoms with Crippen LogP contribution in [0.3, 0.4) is 0 Å². The molecule has 4 unspecified atom stereocenters. The van der Waals surface area contributed by atoms with Crippen LogP contribution in [0.2, 0.25) is 0 Å². The second-order valence-corrected chi connectivity index (χ2v) is 5.69. The second kappa shape index (κ2) is 4.88. The lowest BCUT2D eigenvalue weighted by Crippen LogP contribution is -2.44. The van der Waals surface area contributed by atoms with Gasteiger partial charge in [-0.3, -0.25) is 9.59 Å². The molecule has 4 atom stereocenters. The molecule has 1 aliphatic carbocycles. The minimum Gasteiger partial charge on any atom is -0.369 e. The van der Waals surface area contributed by atoms with Gasteiger partial charge in [-0.05, 0) is 26.7 Å². The summed E-state index contributed by atoms with van der Waals surface area (Å²) in [5, 5.41) is 2.90. The van der Waals surface area contributed by atoms with Crippen LogP contribution in [0.15, 0.2) is 0 Å². The van der Waals surface area contributed by atoms with Crippen LogP contribution < -0.4 is 11.1 Å². The number of primary amides is 1. The van der Waals surface area contributed by atoms with Crippen LogP contribution in [0, 0.1) is 11.8 Å². The molecule has 2 aliphatic rings. The summed E-state index contributed by atoms with van der Waals surface area (Å²) >= 11 is 0. The Morgan fingerprint density at radius 2 is 1.89 bits per heavy atom. The van der Waals surface area contributed by atoms with Crippen LogP contribution in [0.1, 0.15) is 39.5 Å². The van der Waals surface area contributed by atoms with Gasteiger partial charge >= 0.3 is 0 Å². The molecule has 3 N–H and O–H groups in total. The number of nitrogens with one attached hydrogen (secondary N) is 1. The number of rotatable bonds is 4. The zero-order valence-electron chi connectivity index (χ0n) is 11.1. The lowest BCUT2D eigenvalue weighted by molar-refractivity contribution is -0.135. The molecule has 0 aromatic carbocycles. The molecule has 1 saturated carbocycles. The summed E-state index contributed by atoms with van der Waals surface area (Å²) in [7, 11) is 0. The standard InChI is InChI=1S/C13H22N2O3/c1-8-13(2,18-8)7-15-12(17)10-6-4-3-5-9(10)11(14)16/h8-10H,3-7H2,1-2H3,(H2,14,16)(H,15,17). The van der Waals surface area contributed by atoms with E-state index in [9.17, 15) is 9.59 Å². The van der Waals surface area contributed by atoms with E-state index < -0.39 is 0 Å². The SMILES string of the molecule is CC1OC1(C)CNC(=O)C1CCCCC1C(N)=O. The van der Waals surface area contributed by atoms with E-state index >= 15 is 0 Å². The molecular formula is C13H22N2O3. The molecule has 0 radical (unpaired) electrons. The summed E-state index contributed by atoms with van der Waals surface area (Å²) in [4.78, 5) is 23.5. The highest BCUT2D eigenvalue weighted by molar-refractivity contribution is 5.87. The third-order valence-electron chi connectivity index (χ3n) is 4.33. The average molecular weight is 254 g/mol. The quantitative estimate of drug-likeness (QED) is 0.719.